The van der Waals surface area contributed by atoms with Crippen molar-refractivity contribution in [3.05, 3.63) is 34.5 Å². The fourth-order valence-corrected chi connectivity index (χ4v) is 5.01. The predicted molar refractivity (Wildman–Crippen MR) is 142 cm³/mol. The zero-order valence-electron chi connectivity index (χ0n) is 22.7. The summed E-state index contributed by atoms with van der Waals surface area (Å²) in [6.07, 6.45) is -16.9. The van der Waals surface area contributed by atoms with Crippen LogP contribution in [-0.2, 0) is 14.2 Å². The zero-order chi connectivity index (χ0) is 32.2. The van der Waals surface area contributed by atoms with E-state index in [1.165, 1.54) is 6.92 Å². The molecule has 0 unspecified atom stereocenters. The van der Waals surface area contributed by atoms with Crippen molar-refractivity contribution >= 4 is 11.0 Å². The van der Waals surface area contributed by atoms with Crippen LogP contribution >= 0.6 is 0 Å². The number of aromatic hydroxyl groups is 5. The molecule has 240 valence electrons. The number of hydrogen-bond acceptors (Lipinski definition) is 17. The Kier molecular flexibility index (Phi) is 8.51. The molecule has 0 amide bonds. The molecule has 2 aliphatic heterocycles. The molecule has 2 aliphatic rings. The van der Waals surface area contributed by atoms with Crippen molar-refractivity contribution < 1.29 is 79.5 Å². The van der Waals surface area contributed by atoms with Crippen molar-refractivity contribution in [3.63, 3.8) is 0 Å². The number of rotatable bonds is 6. The molecule has 3 aromatic rings. The van der Waals surface area contributed by atoms with E-state index in [0.717, 1.165) is 24.3 Å². The Morgan fingerprint density at radius 2 is 1.43 bits per heavy atom. The molecular weight excluding hydrogens is 596 g/mol. The van der Waals surface area contributed by atoms with E-state index in [1.54, 1.807) is 0 Å². The molecule has 3 heterocycles. The summed E-state index contributed by atoms with van der Waals surface area (Å²) in [4.78, 5) is 13.7. The Morgan fingerprint density at radius 1 is 0.773 bits per heavy atom. The molecule has 44 heavy (non-hydrogen) atoms. The van der Waals surface area contributed by atoms with Crippen molar-refractivity contribution in [3.8, 4) is 45.8 Å². The van der Waals surface area contributed by atoms with E-state index in [1.807, 2.05) is 0 Å². The third-order valence-electron chi connectivity index (χ3n) is 7.41. The van der Waals surface area contributed by atoms with Crippen molar-refractivity contribution in [2.24, 2.45) is 0 Å². The van der Waals surface area contributed by atoms with Crippen LogP contribution in [0.4, 0.5) is 0 Å². The van der Waals surface area contributed by atoms with Gasteiger partial charge in [0.15, 0.2) is 29.3 Å². The van der Waals surface area contributed by atoms with Gasteiger partial charge in [0.2, 0.25) is 17.5 Å². The number of phenols is 5. The quantitative estimate of drug-likeness (QED) is 0.132. The Hall–Kier alpha value is -3.91. The normalized spacial score (nSPS) is 32.5. The maximum Gasteiger partial charge on any atom is 0.239 e. The summed E-state index contributed by atoms with van der Waals surface area (Å²) in [5.74, 6) is -5.19. The summed E-state index contributed by atoms with van der Waals surface area (Å²) in [5.41, 5.74) is -1.76. The lowest BCUT2D eigenvalue weighted by Crippen LogP contribution is -2.64. The van der Waals surface area contributed by atoms with Gasteiger partial charge in [-0.15, -0.1) is 0 Å². The molecule has 0 saturated carbocycles. The second-order valence-electron chi connectivity index (χ2n) is 10.4. The van der Waals surface area contributed by atoms with E-state index >= 15 is 0 Å². The Bertz CT molecular complexity index is 1570. The van der Waals surface area contributed by atoms with Crippen LogP contribution < -0.4 is 10.2 Å². The van der Waals surface area contributed by atoms with E-state index < -0.39 is 119 Å². The van der Waals surface area contributed by atoms with Crippen molar-refractivity contribution in [1.29, 1.82) is 0 Å². The maximum absolute atomic E-state index is 13.7. The van der Waals surface area contributed by atoms with E-state index in [0.29, 0.717) is 0 Å². The summed E-state index contributed by atoms with van der Waals surface area (Å²) in [6, 6.07) is 3.56. The number of ether oxygens (including phenoxy) is 4. The summed E-state index contributed by atoms with van der Waals surface area (Å²) < 4.78 is 27.8. The van der Waals surface area contributed by atoms with Gasteiger partial charge in [-0.1, -0.05) is 0 Å². The molecule has 1 aromatic heterocycles. The van der Waals surface area contributed by atoms with Gasteiger partial charge < -0.3 is 79.5 Å². The number of phenolic OH excluding ortho intramolecular Hbond substituents is 5. The third-order valence-corrected chi connectivity index (χ3v) is 7.41. The first-order chi connectivity index (χ1) is 20.7. The molecule has 0 aliphatic carbocycles. The summed E-state index contributed by atoms with van der Waals surface area (Å²) in [5, 5.41) is 112. The minimum atomic E-state index is -2.03. The van der Waals surface area contributed by atoms with Crippen molar-refractivity contribution in [2.45, 2.75) is 68.3 Å². The average molecular weight is 627 g/mol. The standard InChI is InChI=1S/C27H30O17/c1-7-16(33)20(37)21(38)26(40-7)43-24-18(35)14(6-28)42-27(22(24)39)44-25-19(36)15-10(30)4-9(29)5-13(15)41-23(25)8-2-11(31)17(34)12(32)3-8/h2-5,7,14,16,18,20-22,24,26-35,37-39H,6H2,1H3/t7-,14+,16-,18-,20+,21+,22+,24-,26-,27-/m0/s1. The monoisotopic (exact) mass is 626 g/mol. The van der Waals surface area contributed by atoms with Crippen LogP contribution in [-0.4, -0.2) is 124 Å². The van der Waals surface area contributed by atoms with Crippen LogP contribution in [0, 0.1) is 0 Å². The molecule has 5 rings (SSSR count). The molecule has 10 atom stereocenters. The molecule has 2 saturated heterocycles. The fraction of sp³-hybridized carbons (Fsp3) is 0.444. The lowest BCUT2D eigenvalue weighted by molar-refractivity contribution is -0.349. The van der Waals surface area contributed by atoms with E-state index in [4.69, 9.17) is 23.4 Å². The smallest absolute Gasteiger partial charge is 0.239 e. The van der Waals surface area contributed by atoms with Gasteiger partial charge in [0.25, 0.3) is 0 Å². The molecule has 0 spiro atoms. The lowest BCUT2D eigenvalue weighted by atomic mass is 9.97. The highest BCUT2D eigenvalue weighted by Gasteiger charge is 2.51. The first kappa shape index (κ1) is 31.5. The summed E-state index contributed by atoms with van der Waals surface area (Å²) >= 11 is 0. The highest BCUT2D eigenvalue weighted by atomic mass is 16.7. The third kappa shape index (κ3) is 5.45. The van der Waals surface area contributed by atoms with Crippen LogP contribution in [0.25, 0.3) is 22.3 Å². The molecule has 17 heteroatoms. The Labute approximate surface area is 246 Å². The van der Waals surface area contributed by atoms with Gasteiger partial charge in [-0.2, -0.15) is 0 Å². The van der Waals surface area contributed by atoms with Gasteiger partial charge in [0, 0.05) is 17.7 Å². The first-order valence-electron chi connectivity index (χ1n) is 13.2. The van der Waals surface area contributed by atoms with E-state index in [-0.39, 0.29) is 11.1 Å². The second-order valence-corrected chi connectivity index (χ2v) is 10.4. The van der Waals surface area contributed by atoms with Crippen molar-refractivity contribution in [2.75, 3.05) is 6.61 Å². The number of hydrogen-bond donors (Lipinski definition) is 11. The highest BCUT2D eigenvalue weighted by molar-refractivity contribution is 5.88. The minimum absolute atomic E-state index is 0.272. The minimum Gasteiger partial charge on any atom is -0.508 e. The lowest BCUT2D eigenvalue weighted by Gasteiger charge is -2.45. The Balaban J connectivity index is 1.58. The van der Waals surface area contributed by atoms with Crippen LogP contribution in [0.3, 0.4) is 0 Å². The SMILES string of the molecule is C[C@@H]1O[C@@H](O[C@H]2[C@@H](O)[C@@H](CO)O[C@@H](Oc3c(-c4cc(O)c(O)c(O)c4)oc4cc(O)cc(O)c4c3=O)[C@@H]2O)[C@H](O)[C@H](O)[C@H]1O. The van der Waals surface area contributed by atoms with Gasteiger partial charge in [-0.25, -0.2) is 0 Å². The summed E-state index contributed by atoms with van der Waals surface area (Å²) in [6.45, 7) is 0.488. The van der Waals surface area contributed by atoms with Gasteiger partial charge >= 0.3 is 0 Å². The van der Waals surface area contributed by atoms with Crippen LogP contribution in [0.5, 0.6) is 34.5 Å². The van der Waals surface area contributed by atoms with Crippen LogP contribution in [0.1, 0.15) is 6.92 Å². The molecule has 11 N–H and O–H groups in total. The fourth-order valence-electron chi connectivity index (χ4n) is 5.01. The van der Waals surface area contributed by atoms with Gasteiger partial charge in [0.05, 0.1) is 12.7 Å². The van der Waals surface area contributed by atoms with Gasteiger partial charge in [0.1, 0.15) is 65.2 Å². The van der Waals surface area contributed by atoms with Crippen LogP contribution in [0.15, 0.2) is 33.5 Å². The van der Waals surface area contributed by atoms with Crippen LogP contribution in [0.2, 0.25) is 0 Å². The number of aliphatic hydroxyl groups excluding tert-OH is 6. The van der Waals surface area contributed by atoms with Crippen molar-refractivity contribution in [1.82, 2.24) is 0 Å². The van der Waals surface area contributed by atoms with Gasteiger partial charge in [-0.3, -0.25) is 4.79 Å². The average Bonchev–Trinajstić information content (AvgIpc) is 2.97. The molecule has 2 aromatic carbocycles. The van der Waals surface area contributed by atoms with E-state index in [2.05, 4.69) is 0 Å². The first-order valence-corrected chi connectivity index (χ1v) is 13.2. The Morgan fingerprint density at radius 3 is 2.07 bits per heavy atom. The number of benzene rings is 2. The molecule has 0 bridgehead atoms. The van der Waals surface area contributed by atoms with E-state index in [9.17, 15) is 61.0 Å². The number of aliphatic hydroxyl groups is 6. The highest BCUT2D eigenvalue weighted by Crippen LogP contribution is 2.43. The molecular formula is C27H30O17. The predicted octanol–water partition coefficient (Wildman–Crippen LogP) is -1.98. The topological polar surface area (TPSA) is 290 Å². The largest absolute Gasteiger partial charge is 0.508 e. The second kappa shape index (κ2) is 11.9. The zero-order valence-corrected chi connectivity index (χ0v) is 22.7. The van der Waals surface area contributed by atoms with Gasteiger partial charge in [-0.05, 0) is 19.1 Å². The number of fused-ring (bicyclic) bond motifs is 1. The summed E-state index contributed by atoms with van der Waals surface area (Å²) in [7, 11) is 0. The molecule has 2 fully saturated rings. The molecule has 0 radical (unpaired) electrons. The maximum atomic E-state index is 13.7. The molecule has 17 nitrogen and oxygen atoms in total.